The van der Waals surface area contributed by atoms with E-state index in [0.29, 0.717) is 29.1 Å². The van der Waals surface area contributed by atoms with Crippen molar-refractivity contribution in [2.45, 2.75) is 39.5 Å². The van der Waals surface area contributed by atoms with Crippen molar-refractivity contribution in [3.63, 3.8) is 0 Å². The molecule has 3 N–H and O–H groups in total. The molecule has 0 aliphatic heterocycles. The van der Waals surface area contributed by atoms with Gasteiger partial charge in [0.05, 0.1) is 6.61 Å². The van der Waals surface area contributed by atoms with Crippen molar-refractivity contribution in [1.82, 2.24) is 5.32 Å². The minimum absolute atomic E-state index is 0.0335. The minimum atomic E-state index is -0.314. The fraction of sp³-hybridized carbons (Fsp3) is 0.250. The van der Waals surface area contributed by atoms with Crippen LogP contribution in [-0.4, -0.2) is 23.5 Å². The first kappa shape index (κ1) is 25.9. The van der Waals surface area contributed by atoms with E-state index < -0.39 is 0 Å². The van der Waals surface area contributed by atoms with Gasteiger partial charge < -0.3 is 15.4 Å². The molecule has 0 spiro atoms. The molecule has 3 rings (SSSR count). The highest BCUT2D eigenvalue weighted by Gasteiger charge is 2.14. The molecule has 6 nitrogen and oxygen atoms in total. The van der Waals surface area contributed by atoms with Gasteiger partial charge >= 0.3 is 0 Å². The lowest BCUT2D eigenvalue weighted by atomic mass is 9.87. The van der Waals surface area contributed by atoms with Gasteiger partial charge in [0.1, 0.15) is 5.75 Å². The highest BCUT2D eigenvalue weighted by Crippen LogP contribution is 2.22. The Morgan fingerprint density at radius 2 is 1.29 bits per heavy atom. The van der Waals surface area contributed by atoms with Gasteiger partial charge in [-0.2, -0.15) is 0 Å². The molecule has 0 unspecified atom stereocenters. The van der Waals surface area contributed by atoms with Crippen LogP contribution in [0.4, 0.5) is 11.4 Å². The van der Waals surface area contributed by atoms with E-state index in [-0.39, 0.29) is 22.3 Å². The zero-order valence-electron chi connectivity index (χ0n) is 20.5. The van der Waals surface area contributed by atoms with Crippen LogP contribution in [0.3, 0.4) is 0 Å². The van der Waals surface area contributed by atoms with Crippen molar-refractivity contribution < 1.29 is 14.3 Å². The number of nitrogens with one attached hydrogen (secondary N) is 3. The molecule has 7 heteroatoms. The van der Waals surface area contributed by atoms with Gasteiger partial charge in [-0.15, -0.1) is 0 Å². The van der Waals surface area contributed by atoms with Crippen LogP contribution in [0.2, 0.25) is 0 Å². The first-order valence-electron chi connectivity index (χ1n) is 11.5. The number of anilines is 2. The molecule has 35 heavy (non-hydrogen) atoms. The van der Waals surface area contributed by atoms with Crippen molar-refractivity contribution in [2.75, 3.05) is 17.2 Å². The van der Waals surface area contributed by atoms with Crippen LogP contribution in [0.25, 0.3) is 0 Å². The number of carbonyl (C=O) groups is 2. The summed E-state index contributed by atoms with van der Waals surface area (Å²) in [7, 11) is 0. The average molecular weight is 490 g/mol. The molecule has 0 aromatic heterocycles. The minimum Gasteiger partial charge on any atom is -0.494 e. The maximum Gasteiger partial charge on any atom is 0.257 e. The summed E-state index contributed by atoms with van der Waals surface area (Å²) < 4.78 is 5.53. The highest BCUT2D eigenvalue weighted by molar-refractivity contribution is 7.80. The molecule has 0 saturated heterocycles. The number of amides is 2. The summed E-state index contributed by atoms with van der Waals surface area (Å²) in [5.41, 5.74) is 3.62. The molecule has 0 aliphatic rings. The lowest BCUT2D eigenvalue weighted by molar-refractivity contribution is 0.0976. The maximum absolute atomic E-state index is 12.6. The van der Waals surface area contributed by atoms with Gasteiger partial charge in [-0.25, -0.2) is 0 Å². The fourth-order valence-electron chi connectivity index (χ4n) is 3.22. The monoisotopic (exact) mass is 489 g/mol. The number of benzene rings is 3. The topological polar surface area (TPSA) is 79.5 Å². The van der Waals surface area contributed by atoms with Crippen LogP contribution in [0.5, 0.6) is 5.75 Å². The van der Waals surface area contributed by atoms with Crippen molar-refractivity contribution in [3.05, 3.63) is 89.5 Å². The molecule has 3 aromatic carbocycles. The summed E-state index contributed by atoms with van der Waals surface area (Å²) in [6, 6.07) is 21.6. The lowest BCUT2D eigenvalue weighted by Gasteiger charge is -2.19. The molecule has 0 aliphatic carbocycles. The van der Waals surface area contributed by atoms with Crippen LogP contribution >= 0.6 is 12.2 Å². The van der Waals surface area contributed by atoms with Crippen LogP contribution in [0, 0.1) is 0 Å². The van der Waals surface area contributed by atoms with Crippen molar-refractivity contribution >= 4 is 40.5 Å². The normalized spacial score (nSPS) is 10.9. The van der Waals surface area contributed by atoms with E-state index in [4.69, 9.17) is 17.0 Å². The first-order chi connectivity index (χ1) is 16.7. The van der Waals surface area contributed by atoms with E-state index in [1.165, 1.54) is 5.56 Å². The summed E-state index contributed by atoms with van der Waals surface area (Å²) in [4.78, 5) is 25.0. The standard InChI is InChI=1S/C28H31N3O3S/c1-5-18-34-24-16-8-20(9-17-24)26(33)31-27(35)30-23-14-12-22(13-15-23)29-25(32)19-6-10-21(11-7-19)28(2,3)4/h6-17H,5,18H2,1-4H3,(H,29,32)(H2,30,31,33,35). The average Bonchev–Trinajstić information content (AvgIpc) is 2.83. The SMILES string of the molecule is CCCOc1ccc(C(=O)NC(=S)Nc2ccc(NC(=O)c3ccc(C(C)(C)C)cc3)cc2)cc1. The van der Waals surface area contributed by atoms with Gasteiger partial charge in [-0.05, 0) is 90.3 Å². The smallest absolute Gasteiger partial charge is 0.257 e. The van der Waals surface area contributed by atoms with Gasteiger partial charge in [0, 0.05) is 22.5 Å². The first-order valence-corrected chi connectivity index (χ1v) is 11.9. The van der Waals surface area contributed by atoms with Gasteiger partial charge in [0.2, 0.25) is 0 Å². The van der Waals surface area contributed by atoms with Crippen LogP contribution in [0.15, 0.2) is 72.8 Å². The second-order valence-corrected chi connectivity index (χ2v) is 9.55. The Labute approximate surface area is 212 Å². The molecule has 0 atom stereocenters. The number of thiocarbonyl (C=S) groups is 1. The van der Waals surface area contributed by atoms with Crippen molar-refractivity contribution in [1.29, 1.82) is 0 Å². The Morgan fingerprint density at radius 1 is 0.771 bits per heavy atom. The zero-order valence-corrected chi connectivity index (χ0v) is 21.3. The summed E-state index contributed by atoms with van der Waals surface area (Å²) in [5.74, 6) is 0.226. The predicted molar refractivity (Wildman–Crippen MR) is 145 cm³/mol. The number of rotatable bonds is 7. The zero-order chi connectivity index (χ0) is 25.4. The molecular formula is C28H31N3O3S. The summed E-state index contributed by atoms with van der Waals surface area (Å²) >= 11 is 5.26. The Bertz CT molecular complexity index is 1170. The molecule has 0 saturated carbocycles. The van der Waals surface area contributed by atoms with Crippen LogP contribution < -0.4 is 20.7 Å². The lowest BCUT2D eigenvalue weighted by Crippen LogP contribution is -2.34. The van der Waals surface area contributed by atoms with E-state index >= 15 is 0 Å². The van der Waals surface area contributed by atoms with Gasteiger partial charge in [0.25, 0.3) is 11.8 Å². The molecule has 0 bridgehead atoms. The van der Waals surface area contributed by atoms with Crippen molar-refractivity contribution in [3.8, 4) is 5.75 Å². The van der Waals surface area contributed by atoms with E-state index in [2.05, 4.69) is 36.7 Å². The number of ether oxygens (including phenoxy) is 1. The quantitative estimate of drug-likeness (QED) is 0.347. The molecule has 182 valence electrons. The second-order valence-electron chi connectivity index (χ2n) is 9.14. The van der Waals surface area contributed by atoms with Gasteiger partial charge in [-0.3, -0.25) is 14.9 Å². The third kappa shape index (κ3) is 7.65. The molecule has 0 radical (unpaired) electrons. The van der Waals surface area contributed by atoms with E-state index in [1.54, 1.807) is 48.5 Å². The summed E-state index contributed by atoms with van der Waals surface area (Å²) in [5, 5.41) is 8.70. The van der Waals surface area contributed by atoms with Gasteiger partial charge in [0.15, 0.2) is 5.11 Å². The number of hydrogen-bond acceptors (Lipinski definition) is 4. The molecule has 3 aromatic rings. The Kier molecular flexibility index (Phi) is 8.60. The Morgan fingerprint density at radius 3 is 1.83 bits per heavy atom. The Hall–Kier alpha value is -3.71. The summed E-state index contributed by atoms with van der Waals surface area (Å²) in [6.45, 7) is 9.07. The molecule has 2 amide bonds. The van der Waals surface area contributed by atoms with E-state index in [0.717, 1.165) is 12.2 Å². The van der Waals surface area contributed by atoms with Crippen LogP contribution in [-0.2, 0) is 5.41 Å². The predicted octanol–water partition coefficient (Wildman–Crippen LogP) is 6.15. The number of carbonyl (C=O) groups excluding carboxylic acids is 2. The Balaban J connectivity index is 1.51. The second kappa shape index (κ2) is 11.6. The third-order valence-electron chi connectivity index (χ3n) is 5.23. The van der Waals surface area contributed by atoms with E-state index in [1.807, 2.05) is 31.2 Å². The third-order valence-corrected chi connectivity index (χ3v) is 5.43. The molecule has 0 fully saturated rings. The fourth-order valence-corrected chi connectivity index (χ4v) is 3.43. The highest BCUT2D eigenvalue weighted by atomic mass is 32.1. The van der Waals surface area contributed by atoms with E-state index in [9.17, 15) is 9.59 Å². The van der Waals surface area contributed by atoms with Crippen molar-refractivity contribution in [2.24, 2.45) is 0 Å². The van der Waals surface area contributed by atoms with Gasteiger partial charge in [-0.1, -0.05) is 39.8 Å². The molecular weight excluding hydrogens is 458 g/mol. The van der Waals surface area contributed by atoms with Crippen LogP contribution in [0.1, 0.15) is 60.4 Å². The maximum atomic E-state index is 12.6. The number of hydrogen-bond donors (Lipinski definition) is 3. The summed E-state index contributed by atoms with van der Waals surface area (Å²) in [6.07, 6.45) is 0.918. The molecule has 0 heterocycles. The largest absolute Gasteiger partial charge is 0.494 e.